The molecule has 0 aromatic heterocycles. The molecule has 98 valence electrons. The van der Waals surface area contributed by atoms with E-state index in [0.717, 1.165) is 38.7 Å². The Morgan fingerprint density at radius 3 is 2.76 bits per heavy atom. The highest BCUT2D eigenvalue weighted by Gasteiger charge is 2.30. The second-order valence-electron chi connectivity index (χ2n) is 5.04. The van der Waals surface area contributed by atoms with Gasteiger partial charge in [-0.25, -0.2) is 4.79 Å². The number of nitrogens with one attached hydrogen (secondary N) is 1. The maximum atomic E-state index is 12.0. The van der Waals surface area contributed by atoms with Crippen LogP contribution in [0, 0.1) is 0 Å². The molecule has 0 radical (unpaired) electrons. The molecule has 2 rings (SSSR count). The van der Waals surface area contributed by atoms with Crippen molar-refractivity contribution in [1.82, 2.24) is 10.2 Å². The van der Waals surface area contributed by atoms with Gasteiger partial charge in [0.2, 0.25) is 0 Å². The van der Waals surface area contributed by atoms with Crippen LogP contribution in [0.1, 0.15) is 32.1 Å². The summed E-state index contributed by atoms with van der Waals surface area (Å²) >= 11 is 0. The lowest BCUT2D eigenvalue weighted by atomic mass is 9.92. The Balaban J connectivity index is 1.84. The van der Waals surface area contributed by atoms with Gasteiger partial charge in [-0.2, -0.15) is 0 Å². The zero-order valence-electron chi connectivity index (χ0n) is 10.4. The molecule has 2 amide bonds. The van der Waals surface area contributed by atoms with Crippen LogP contribution in [0.5, 0.6) is 0 Å². The number of aliphatic hydroxyl groups excluding tert-OH is 1. The molecule has 0 spiro atoms. The van der Waals surface area contributed by atoms with Crippen LogP contribution in [-0.4, -0.2) is 54.5 Å². The molecule has 1 heterocycles. The first-order valence-corrected chi connectivity index (χ1v) is 6.47. The predicted molar refractivity (Wildman–Crippen MR) is 63.8 cm³/mol. The van der Waals surface area contributed by atoms with E-state index >= 15 is 0 Å². The van der Waals surface area contributed by atoms with E-state index in [-0.39, 0.29) is 24.2 Å². The molecule has 2 aliphatic rings. The molecule has 0 aromatic rings. The van der Waals surface area contributed by atoms with E-state index in [0.29, 0.717) is 6.61 Å². The Morgan fingerprint density at radius 2 is 2.12 bits per heavy atom. The highest BCUT2D eigenvalue weighted by Crippen LogP contribution is 2.22. The molecule has 17 heavy (non-hydrogen) atoms. The van der Waals surface area contributed by atoms with Gasteiger partial charge in [-0.05, 0) is 19.3 Å². The van der Waals surface area contributed by atoms with E-state index in [9.17, 15) is 9.90 Å². The molecule has 5 nitrogen and oxygen atoms in total. The van der Waals surface area contributed by atoms with Crippen molar-refractivity contribution in [2.24, 2.45) is 0 Å². The first-order chi connectivity index (χ1) is 8.18. The molecule has 0 aromatic carbocycles. The normalized spacial score (nSPS) is 33.4. The van der Waals surface area contributed by atoms with Crippen molar-refractivity contribution in [3.05, 3.63) is 0 Å². The van der Waals surface area contributed by atoms with Crippen molar-refractivity contribution in [2.75, 3.05) is 20.3 Å². The van der Waals surface area contributed by atoms with Crippen molar-refractivity contribution < 1.29 is 14.6 Å². The van der Waals surface area contributed by atoms with E-state index < -0.39 is 0 Å². The topological polar surface area (TPSA) is 61.8 Å². The molecule has 1 aliphatic carbocycles. The van der Waals surface area contributed by atoms with Gasteiger partial charge in [0.25, 0.3) is 0 Å². The highest BCUT2D eigenvalue weighted by atomic mass is 16.5. The molecule has 1 saturated carbocycles. The summed E-state index contributed by atoms with van der Waals surface area (Å²) in [5, 5.41) is 12.9. The zero-order chi connectivity index (χ0) is 12.3. The number of rotatable bonds is 2. The first kappa shape index (κ1) is 12.6. The number of likely N-dealkylation sites (N-methyl/N-ethyl adjacent to an activating group) is 1. The van der Waals surface area contributed by atoms with Crippen molar-refractivity contribution >= 4 is 6.03 Å². The van der Waals surface area contributed by atoms with Crippen LogP contribution >= 0.6 is 0 Å². The second kappa shape index (κ2) is 5.69. The van der Waals surface area contributed by atoms with Crippen molar-refractivity contribution in [1.29, 1.82) is 0 Å². The molecule has 3 atom stereocenters. The van der Waals surface area contributed by atoms with E-state index in [4.69, 9.17) is 4.74 Å². The van der Waals surface area contributed by atoms with Crippen LogP contribution in [0.3, 0.4) is 0 Å². The average molecular weight is 242 g/mol. The Labute approximate surface area is 102 Å². The number of nitrogens with zero attached hydrogens (tertiary/aromatic N) is 1. The van der Waals surface area contributed by atoms with Crippen LogP contribution in [0.25, 0.3) is 0 Å². The number of urea groups is 1. The van der Waals surface area contributed by atoms with Crippen LogP contribution in [-0.2, 0) is 4.74 Å². The number of aliphatic hydroxyl groups is 1. The average Bonchev–Trinajstić information content (AvgIpc) is 2.81. The quantitative estimate of drug-likeness (QED) is 0.750. The maximum absolute atomic E-state index is 12.0. The Morgan fingerprint density at radius 1 is 1.35 bits per heavy atom. The van der Waals surface area contributed by atoms with E-state index in [1.165, 1.54) is 0 Å². The van der Waals surface area contributed by atoms with Crippen LogP contribution < -0.4 is 5.32 Å². The van der Waals surface area contributed by atoms with Gasteiger partial charge in [-0.1, -0.05) is 12.8 Å². The van der Waals surface area contributed by atoms with E-state index in [1.807, 2.05) is 0 Å². The van der Waals surface area contributed by atoms with Crippen LogP contribution in [0.15, 0.2) is 0 Å². The highest BCUT2D eigenvalue weighted by molar-refractivity contribution is 5.74. The summed E-state index contributed by atoms with van der Waals surface area (Å²) in [6.07, 6.45) is 4.35. The molecule has 3 unspecified atom stereocenters. The molecule has 2 N–H and O–H groups in total. The molecular formula is C12H22N2O3. The number of carbonyl (C=O) groups excluding carboxylic acids is 1. The van der Waals surface area contributed by atoms with E-state index in [2.05, 4.69) is 5.32 Å². The smallest absolute Gasteiger partial charge is 0.317 e. The minimum atomic E-state index is -0.376. The third-order valence-corrected chi connectivity index (χ3v) is 3.77. The maximum Gasteiger partial charge on any atom is 0.317 e. The number of hydrogen-bond acceptors (Lipinski definition) is 3. The monoisotopic (exact) mass is 242 g/mol. The minimum absolute atomic E-state index is 0.0360. The van der Waals surface area contributed by atoms with Gasteiger partial charge in [-0.15, -0.1) is 0 Å². The van der Waals surface area contributed by atoms with Gasteiger partial charge in [0.05, 0.1) is 24.8 Å². The summed E-state index contributed by atoms with van der Waals surface area (Å²) in [5.74, 6) is 0. The lowest BCUT2D eigenvalue weighted by Gasteiger charge is -2.35. The van der Waals surface area contributed by atoms with Crippen LogP contribution in [0.4, 0.5) is 4.79 Å². The lowest BCUT2D eigenvalue weighted by Crippen LogP contribution is -2.52. The standard InChI is InChI=1S/C12H22N2O3/c1-14(10-4-2-3-5-11(10)15)12(16)13-9-6-7-17-8-9/h9-11,15H,2-8H2,1H3,(H,13,16). The fourth-order valence-corrected chi connectivity index (χ4v) is 2.62. The SMILES string of the molecule is CN(C(=O)NC1CCOC1)C1CCCCC1O. The van der Waals surface area contributed by atoms with E-state index in [1.54, 1.807) is 11.9 Å². The zero-order valence-corrected chi connectivity index (χ0v) is 10.4. The van der Waals surface area contributed by atoms with Crippen molar-refractivity contribution in [3.63, 3.8) is 0 Å². The second-order valence-corrected chi connectivity index (χ2v) is 5.04. The molecular weight excluding hydrogens is 220 g/mol. The Kier molecular flexibility index (Phi) is 4.23. The molecule has 5 heteroatoms. The Bertz CT molecular complexity index is 266. The van der Waals surface area contributed by atoms with Gasteiger partial charge in [0.15, 0.2) is 0 Å². The number of amides is 2. The largest absolute Gasteiger partial charge is 0.391 e. The summed E-state index contributed by atoms with van der Waals surface area (Å²) in [5.41, 5.74) is 0. The Hall–Kier alpha value is -0.810. The van der Waals surface area contributed by atoms with Gasteiger partial charge >= 0.3 is 6.03 Å². The minimum Gasteiger partial charge on any atom is -0.391 e. The fourth-order valence-electron chi connectivity index (χ4n) is 2.62. The first-order valence-electron chi connectivity index (χ1n) is 6.47. The molecule has 0 bridgehead atoms. The third-order valence-electron chi connectivity index (χ3n) is 3.77. The third kappa shape index (κ3) is 3.10. The summed E-state index contributed by atoms with van der Waals surface area (Å²) in [6.45, 7) is 1.33. The molecule has 1 saturated heterocycles. The van der Waals surface area contributed by atoms with Gasteiger partial charge in [0, 0.05) is 13.7 Å². The van der Waals surface area contributed by atoms with Gasteiger partial charge in [-0.3, -0.25) is 0 Å². The van der Waals surface area contributed by atoms with Gasteiger partial charge in [0.1, 0.15) is 0 Å². The summed E-state index contributed by atoms with van der Waals surface area (Å²) in [6, 6.07) is 0.00297. The number of hydrogen-bond donors (Lipinski definition) is 2. The van der Waals surface area contributed by atoms with Crippen LogP contribution in [0.2, 0.25) is 0 Å². The molecule has 1 aliphatic heterocycles. The van der Waals surface area contributed by atoms with Crippen molar-refractivity contribution in [2.45, 2.75) is 50.3 Å². The molecule has 2 fully saturated rings. The number of ether oxygens (including phenoxy) is 1. The lowest BCUT2D eigenvalue weighted by molar-refractivity contribution is 0.0458. The summed E-state index contributed by atoms with van der Waals surface area (Å²) < 4.78 is 5.22. The van der Waals surface area contributed by atoms with Crippen molar-refractivity contribution in [3.8, 4) is 0 Å². The number of carbonyl (C=O) groups is 1. The predicted octanol–water partition coefficient (Wildman–Crippen LogP) is 0.720. The van der Waals surface area contributed by atoms with Gasteiger partial charge < -0.3 is 20.1 Å². The summed E-state index contributed by atoms with van der Waals surface area (Å²) in [4.78, 5) is 13.6. The fraction of sp³-hybridized carbons (Fsp3) is 0.917. The summed E-state index contributed by atoms with van der Waals surface area (Å²) in [7, 11) is 1.77.